The third kappa shape index (κ3) is 9.78. The maximum Gasteiger partial charge on any atom is 0.407 e. The number of alkyl halides is 3. The van der Waals surface area contributed by atoms with Gasteiger partial charge in [-0.2, -0.15) is 18.2 Å². The Kier molecular flexibility index (Phi) is 10.7. The molecule has 4 rings (SSSR count). The van der Waals surface area contributed by atoms with Crippen LogP contribution in [0.4, 0.5) is 34.0 Å². The lowest BCUT2D eigenvalue weighted by Crippen LogP contribution is -2.42. The van der Waals surface area contributed by atoms with Crippen molar-refractivity contribution in [1.82, 2.24) is 19.9 Å². The lowest BCUT2D eigenvalue weighted by molar-refractivity contribution is -0.129. The molecule has 1 aliphatic rings. The molecule has 2 heterocycles. The molecule has 0 radical (unpaired) electrons. The summed E-state index contributed by atoms with van der Waals surface area (Å²) in [6, 6.07) is 4.59. The highest BCUT2D eigenvalue weighted by Gasteiger charge is 2.30. The fourth-order valence-corrected chi connectivity index (χ4v) is 6.36. The highest BCUT2D eigenvalue weighted by Crippen LogP contribution is 2.29. The molecule has 3 aromatic rings. The molecule has 1 atom stereocenters. The van der Waals surface area contributed by atoms with Crippen LogP contribution in [0, 0.1) is 5.82 Å². The maximum atomic E-state index is 15.0. The van der Waals surface area contributed by atoms with Gasteiger partial charge < -0.3 is 15.4 Å². The van der Waals surface area contributed by atoms with Gasteiger partial charge in [0.05, 0.1) is 17.9 Å². The van der Waals surface area contributed by atoms with Crippen LogP contribution in [0.25, 0.3) is 22.2 Å². The van der Waals surface area contributed by atoms with E-state index in [0.29, 0.717) is 23.4 Å². The van der Waals surface area contributed by atoms with Gasteiger partial charge in [-0.1, -0.05) is 13.0 Å². The summed E-state index contributed by atoms with van der Waals surface area (Å²) in [5, 5.41) is 6.75. The molecule has 3 N–H and O–H groups in total. The van der Waals surface area contributed by atoms with Crippen molar-refractivity contribution in [3.05, 3.63) is 46.6 Å². The number of hydrogen-bond donors (Lipinski definition) is 3. The van der Waals surface area contributed by atoms with E-state index in [9.17, 15) is 31.2 Å². The average Bonchev–Trinajstić information content (AvgIpc) is 2.96. The summed E-state index contributed by atoms with van der Waals surface area (Å²) < 4.78 is 85.4. The number of fused-ring (bicyclic) bond motifs is 1. The predicted octanol–water partition coefficient (Wildman–Crippen LogP) is 6.51. The Morgan fingerprint density at radius 1 is 1.11 bits per heavy atom. The number of hydrogen-bond acceptors (Lipinski definition) is 8. The molecule has 1 aliphatic carbocycles. The van der Waals surface area contributed by atoms with Gasteiger partial charge in [0.2, 0.25) is 16.0 Å². The topological polar surface area (TPSA) is 144 Å². The highest BCUT2D eigenvalue weighted by atomic mass is 32.2. The molecule has 1 fully saturated rings. The monoisotopic (exact) mass is 684 g/mol. The van der Waals surface area contributed by atoms with Crippen molar-refractivity contribution < 1.29 is 35.5 Å². The quantitative estimate of drug-likeness (QED) is 0.205. The van der Waals surface area contributed by atoms with Gasteiger partial charge in [-0.05, 0) is 83.6 Å². The van der Waals surface area contributed by atoms with Gasteiger partial charge in [0.25, 0.3) is 5.56 Å². The molecule has 2 aromatic heterocycles. The Bertz CT molecular complexity index is 1770. The average molecular weight is 685 g/mol. The van der Waals surface area contributed by atoms with Gasteiger partial charge in [0.15, 0.2) is 0 Å². The number of alkyl carbamates (subject to hydrolysis) is 1. The third-order valence-electron chi connectivity index (χ3n) is 7.79. The van der Waals surface area contributed by atoms with Gasteiger partial charge in [0, 0.05) is 35.3 Å². The first-order valence-corrected chi connectivity index (χ1v) is 17.0. The number of halogens is 4. The number of aromatic nitrogens is 3. The summed E-state index contributed by atoms with van der Waals surface area (Å²) in [6.07, 6.45) is -1.62. The first kappa shape index (κ1) is 35.9. The van der Waals surface area contributed by atoms with Gasteiger partial charge in [-0.15, -0.1) is 0 Å². The van der Waals surface area contributed by atoms with E-state index >= 15 is 4.39 Å². The van der Waals surface area contributed by atoms with E-state index in [0.717, 1.165) is 37.8 Å². The number of pyridine rings is 1. The fourth-order valence-electron chi connectivity index (χ4n) is 5.26. The van der Waals surface area contributed by atoms with Crippen molar-refractivity contribution in [2.45, 2.75) is 103 Å². The minimum absolute atomic E-state index is 0.0112. The number of nitrogens with one attached hydrogen (secondary N) is 3. The second-order valence-electron chi connectivity index (χ2n) is 12.8. The van der Waals surface area contributed by atoms with Crippen LogP contribution < -0.4 is 20.9 Å². The predicted molar refractivity (Wildman–Crippen MR) is 171 cm³/mol. The molecule has 0 spiro atoms. The molecule has 1 amide bonds. The Balaban J connectivity index is 1.54. The standard InChI is InChI=1S/C31H40F4N6O5S/c1-6-18(2)41-26-20(17-36-28(39-26)37-21-8-10-22(11-9-21)38-29(43)46-30(3,4)5)15-23(27(41)42)19-7-12-25(24(32)16-19)40-47(44,45)14-13-31(33,34)35/h7,12,15-18,21-22,40H,6,8-11,13-14H2,1-5H3,(H,38,43)(H,36,37,39)/t18-,21?,22?/m1/s1. The summed E-state index contributed by atoms with van der Waals surface area (Å²) in [5.74, 6) is -1.98. The normalized spacial score (nSPS) is 18.1. The minimum atomic E-state index is -4.69. The number of sulfonamides is 1. The summed E-state index contributed by atoms with van der Waals surface area (Å²) >= 11 is 0. The fraction of sp³-hybridized carbons (Fsp3) is 0.548. The zero-order valence-electron chi connectivity index (χ0n) is 26.9. The molecule has 0 bridgehead atoms. The zero-order chi connectivity index (χ0) is 34.7. The summed E-state index contributed by atoms with van der Waals surface area (Å²) in [5.41, 5.74) is -0.940. The molecular weight excluding hydrogens is 644 g/mol. The number of benzene rings is 1. The van der Waals surface area contributed by atoms with Gasteiger partial charge in [0.1, 0.15) is 17.1 Å². The number of carbonyl (C=O) groups excluding carboxylic acids is 1. The van der Waals surface area contributed by atoms with Crippen molar-refractivity contribution in [2.24, 2.45) is 0 Å². The van der Waals surface area contributed by atoms with Crippen LogP contribution in [0.2, 0.25) is 0 Å². The van der Waals surface area contributed by atoms with E-state index < -0.39 is 57.1 Å². The van der Waals surface area contributed by atoms with E-state index in [1.54, 1.807) is 27.0 Å². The van der Waals surface area contributed by atoms with E-state index in [4.69, 9.17) is 4.74 Å². The molecule has 16 heteroatoms. The number of carbonyl (C=O) groups is 1. The molecule has 258 valence electrons. The summed E-state index contributed by atoms with van der Waals surface area (Å²) in [6.45, 7) is 9.17. The van der Waals surface area contributed by atoms with Crippen LogP contribution in [0.3, 0.4) is 0 Å². The molecule has 0 unspecified atom stereocenters. The lowest BCUT2D eigenvalue weighted by atomic mass is 9.91. The Labute approximate surface area is 270 Å². The van der Waals surface area contributed by atoms with Crippen molar-refractivity contribution in [3.8, 4) is 11.1 Å². The molecule has 11 nitrogen and oxygen atoms in total. The van der Waals surface area contributed by atoms with Crippen molar-refractivity contribution >= 4 is 38.8 Å². The summed E-state index contributed by atoms with van der Waals surface area (Å²) in [4.78, 5) is 35.1. The van der Waals surface area contributed by atoms with Gasteiger partial charge in [-0.25, -0.2) is 22.6 Å². The molecule has 0 saturated heterocycles. The van der Waals surface area contributed by atoms with Gasteiger partial charge >= 0.3 is 12.3 Å². The number of nitrogens with zero attached hydrogens (tertiary/aromatic N) is 3. The van der Waals surface area contributed by atoms with Crippen LogP contribution in [0.5, 0.6) is 0 Å². The van der Waals surface area contributed by atoms with Crippen LogP contribution in [-0.4, -0.2) is 58.7 Å². The van der Waals surface area contributed by atoms with Crippen molar-refractivity contribution in [2.75, 3.05) is 15.8 Å². The third-order valence-corrected chi connectivity index (χ3v) is 9.06. The number of ether oxygens (including phenoxy) is 1. The van der Waals surface area contributed by atoms with Crippen molar-refractivity contribution in [1.29, 1.82) is 0 Å². The molecule has 47 heavy (non-hydrogen) atoms. The smallest absolute Gasteiger partial charge is 0.407 e. The lowest BCUT2D eigenvalue weighted by Gasteiger charge is -2.30. The molecule has 1 aromatic carbocycles. The first-order chi connectivity index (χ1) is 21.8. The second kappa shape index (κ2) is 14.0. The molecule has 0 aliphatic heterocycles. The number of rotatable bonds is 10. The van der Waals surface area contributed by atoms with E-state index in [-0.39, 0.29) is 29.3 Å². The summed E-state index contributed by atoms with van der Waals surface area (Å²) in [7, 11) is -4.47. The Hall–Kier alpha value is -3.95. The van der Waals surface area contributed by atoms with Gasteiger partial charge in [-0.3, -0.25) is 14.1 Å². The highest BCUT2D eigenvalue weighted by molar-refractivity contribution is 7.92. The van der Waals surface area contributed by atoms with Crippen LogP contribution >= 0.6 is 0 Å². The van der Waals surface area contributed by atoms with E-state index in [1.165, 1.54) is 16.7 Å². The number of amides is 1. The minimum Gasteiger partial charge on any atom is -0.444 e. The first-order valence-electron chi connectivity index (χ1n) is 15.4. The van der Waals surface area contributed by atoms with Crippen LogP contribution in [0.15, 0.2) is 35.3 Å². The second-order valence-corrected chi connectivity index (χ2v) is 14.6. The Morgan fingerprint density at radius 3 is 2.36 bits per heavy atom. The molecular formula is C31H40F4N6O5S. The van der Waals surface area contributed by atoms with Crippen molar-refractivity contribution in [3.63, 3.8) is 0 Å². The zero-order valence-corrected chi connectivity index (χ0v) is 27.7. The van der Waals surface area contributed by atoms with E-state index in [1.807, 2.05) is 18.6 Å². The maximum absolute atomic E-state index is 15.0. The van der Waals surface area contributed by atoms with Crippen LogP contribution in [0.1, 0.15) is 79.2 Å². The SMILES string of the molecule is CC[C@@H](C)n1c(=O)c(-c2ccc(NS(=O)(=O)CCC(F)(F)F)c(F)c2)cc2cnc(NC3CCC(NC(=O)OC(C)(C)C)CC3)nc21. The largest absolute Gasteiger partial charge is 0.444 e. The number of anilines is 2. The molecule has 1 saturated carbocycles. The Morgan fingerprint density at radius 2 is 1.77 bits per heavy atom. The van der Waals surface area contributed by atoms with Crippen LogP contribution in [-0.2, 0) is 14.8 Å². The van der Waals surface area contributed by atoms with E-state index in [2.05, 4.69) is 20.6 Å².